The van der Waals surface area contributed by atoms with Crippen LogP contribution in [0, 0.1) is 0 Å². The normalized spacial score (nSPS) is 21.7. The van der Waals surface area contributed by atoms with Gasteiger partial charge in [0.05, 0.1) is 11.1 Å². The summed E-state index contributed by atoms with van der Waals surface area (Å²) in [6, 6.07) is 1.85. The van der Waals surface area contributed by atoms with Gasteiger partial charge in [-0.15, -0.1) is 0 Å². The summed E-state index contributed by atoms with van der Waals surface area (Å²) < 4.78 is 0. The maximum absolute atomic E-state index is 6.31. The Hall–Kier alpha value is -1.36. The molecule has 1 aliphatic heterocycles. The van der Waals surface area contributed by atoms with Crippen molar-refractivity contribution in [2.75, 3.05) is 0 Å². The molecule has 0 saturated heterocycles. The number of hydrogen-bond donors (Lipinski definition) is 1. The van der Waals surface area contributed by atoms with Gasteiger partial charge in [-0.1, -0.05) is 23.2 Å². The Morgan fingerprint density at radius 3 is 2.75 bits per heavy atom. The lowest BCUT2D eigenvalue weighted by Gasteiger charge is -2.32. The number of fused-ring (bicyclic) bond motifs is 1. The average Bonchev–Trinajstić information content (AvgIpc) is 2.41. The first-order valence-corrected chi connectivity index (χ1v) is 6.94. The van der Waals surface area contributed by atoms with E-state index in [0.29, 0.717) is 16.1 Å². The van der Waals surface area contributed by atoms with Gasteiger partial charge in [0.25, 0.3) is 0 Å². The second-order valence-electron chi connectivity index (χ2n) is 4.52. The highest BCUT2D eigenvalue weighted by atomic mass is 35.5. The predicted molar refractivity (Wildman–Crippen MR) is 80.9 cm³/mol. The first-order valence-electron chi connectivity index (χ1n) is 5.80. The van der Waals surface area contributed by atoms with E-state index in [1.54, 1.807) is 6.20 Å². The number of aromatic nitrogens is 3. The third kappa shape index (κ3) is 2.14. The summed E-state index contributed by atoms with van der Waals surface area (Å²) in [6.45, 7) is 1.96. The average molecular weight is 328 g/mol. The summed E-state index contributed by atoms with van der Waals surface area (Å²) in [5.41, 5.74) is 1.40. The van der Waals surface area contributed by atoms with Gasteiger partial charge in [0, 0.05) is 16.8 Å². The van der Waals surface area contributed by atoms with Crippen LogP contribution >= 0.6 is 34.8 Å². The van der Waals surface area contributed by atoms with E-state index in [9.17, 15) is 0 Å². The molecule has 2 aromatic heterocycles. The molecule has 4 nitrogen and oxygen atoms in total. The highest BCUT2D eigenvalue weighted by Crippen LogP contribution is 2.34. The zero-order chi connectivity index (χ0) is 14.3. The Morgan fingerprint density at radius 1 is 1.20 bits per heavy atom. The van der Waals surface area contributed by atoms with Crippen molar-refractivity contribution in [2.45, 2.75) is 12.5 Å². The summed E-state index contributed by atoms with van der Waals surface area (Å²) in [5.74, 6) is 0. The number of hydrogen-bond acceptors (Lipinski definition) is 4. The predicted octanol–water partition coefficient (Wildman–Crippen LogP) is 3.79. The zero-order valence-corrected chi connectivity index (χ0v) is 12.6. The molecule has 20 heavy (non-hydrogen) atoms. The van der Waals surface area contributed by atoms with E-state index in [4.69, 9.17) is 34.8 Å². The molecule has 0 fully saturated rings. The van der Waals surface area contributed by atoms with Crippen LogP contribution in [-0.4, -0.2) is 15.0 Å². The molecule has 1 aliphatic rings. The highest BCUT2D eigenvalue weighted by molar-refractivity contribution is 6.35. The van der Waals surface area contributed by atoms with E-state index in [1.165, 1.54) is 0 Å². The summed E-state index contributed by atoms with van der Waals surface area (Å²) in [4.78, 5) is 12.3. The second-order valence-corrected chi connectivity index (χ2v) is 5.62. The van der Waals surface area contributed by atoms with Crippen molar-refractivity contribution in [3.63, 3.8) is 0 Å². The van der Waals surface area contributed by atoms with E-state index in [-0.39, 0.29) is 10.4 Å². The molecule has 1 unspecified atom stereocenters. The van der Waals surface area contributed by atoms with E-state index in [0.717, 1.165) is 5.56 Å². The first-order chi connectivity index (χ1) is 9.50. The molecule has 3 heterocycles. The van der Waals surface area contributed by atoms with Crippen molar-refractivity contribution in [1.29, 1.82) is 0 Å². The molecular weight excluding hydrogens is 319 g/mol. The number of nitrogens with one attached hydrogen (secondary N) is 1. The first kappa shape index (κ1) is 13.6. The standard InChI is InChI=1S/C13H9Cl3N4/c1-13(9(14)3-2-4-18-13)7-5-8-10(17-6-7)11(15)20-12(16)19-8/h2-6,18H,1H3. The minimum Gasteiger partial charge on any atom is -0.377 e. The minimum atomic E-state index is -0.554. The van der Waals surface area contributed by atoms with Crippen LogP contribution in [-0.2, 0) is 5.54 Å². The monoisotopic (exact) mass is 326 g/mol. The van der Waals surface area contributed by atoms with Gasteiger partial charge in [0.15, 0.2) is 5.15 Å². The third-order valence-corrected chi connectivity index (χ3v) is 4.17. The summed E-state index contributed by atoms with van der Waals surface area (Å²) in [5, 5.41) is 4.20. The zero-order valence-electron chi connectivity index (χ0n) is 10.4. The van der Waals surface area contributed by atoms with Crippen LogP contribution in [0.2, 0.25) is 10.4 Å². The maximum Gasteiger partial charge on any atom is 0.224 e. The van der Waals surface area contributed by atoms with Crippen LogP contribution in [0.15, 0.2) is 35.6 Å². The SMILES string of the molecule is CC1(c2cnc3c(Cl)nc(Cl)nc3c2)NC=CC=C1Cl. The molecule has 0 spiro atoms. The molecule has 1 N–H and O–H groups in total. The minimum absolute atomic E-state index is 0.0877. The topological polar surface area (TPSA) is 50.7 Å². The molecule has 3 rings (SSSR count). The lowest BCUT2D eigenvalue weighted by molar-refractivity contribution is 0.511. The molecule has 0 saturated carbocycles. The molecule has 1 atom stereocenters. The fourth-order valence-electron chi connectivity index (χ4n) is 2.03. The van der Waals surface area contributed by atoms with Crippen LogP contribution in [0.4, 0.5) is 0 Å². The van der Waals surface area contributed by atoms with E-state index >= 15 is 0 Å². The Bertz CT molecular complexity index is 757. The third-order valence-electron chi connectivity index (χ3n) is 3.23. The van der Waals surface area contributed by atoms with Crippen LogP contribution in [0.3, 0.4) is 0 Å². The molecule has 0 bridgehead atoms. The number of nitrogens with zero attached hydrogens (tertiary/aromatic N) is 3. The summed E-state index contributed by atoms with van der Waals surface area (Å²) in [7, 11) is 0. The molecular formula is C13H9Cl3N4. The lowest BCUT2D eigenvalue weighted by Crippen LogP contribution is -2.38. The molecule has 0 radical (unpaired) electrons. The van der Waals surface area contributed by atoms with Crippen LogP contribution < -0.4 is 5.32 Å². The Kier molecular flexibility index (Phi) is 3.32. The van der Waals surface area contributed by atoms with Gasteiger partial charge >= 0.3 is 0 Å². The summed E-state index contributed by atoms with van der Waals surface area (Å²) >= 11 is 18.1. The van der Waals surface area contributed by atoms with E-state index in [2.05, 4.69) is 20.3 Å². The quantitative estimate of drug-likeness (QED) is 0.639. The van der Waals surface area contributed by atoms with Gasteiger partial charge in [0.2, 0.25) is 5.28 Å². The molecule has 2 aromatic rings. The van der Waals surface area contributed by atoms with Crippen molar-refractivity contribution >= 4 is 45.8 Å². The van der Waals surface area contributed by atoms with Gasteiger partial charge in [-0.25, -0.2) is 9.97 Å². The fraction of sp³-hybridized carbons (Fsp3) is 0.154. The number of dihydropyridines is 1. The van der Waals surface area contributed by atoms with Crippen molar-refractivity contribution < 1.29 is 0 Å². The molecule has 102 valence electrons. The fourth-order valence-corrected chi connectivity index (χ4v) is 2.71. The van der Waals surface area contributed by atoms with E-state index in [1.807, 2.05) is 31.3 Å². The number of rotatable bonds is 1. The Balaban J connectivity index is 2.19. The summed E-state index contributed by atoms with van der Waals surface area (Å²) in [6.07, 6.45) is 7.21. The molecule has 0 amide bonds. The van der Waals surface area contributed by atoms with Crippen molar-refractivity contribution in [1.82, 2.24) is 20.3 Å². The van der Waals surface area contributed by atoms with Crippen LogP contribution in [0.1, 0.15) is 12.5 Å². The largest absolute Gasteiger partial charge is 0.377 e. The second kappa shape index (κ2) is 4.88. The van der Waals surface area contributed by atoms with Gasteiger partial charge in [-0.2, -0.15) is 0 Å². The van der Waals surface area contributed by atoms with Crippen molar-refractivity contribution in [3.05, 3.63) is 51.6 Å². The smallest absolute Gasteiger partial charge is 0.224 e. The van der Waals surface area contributed by atoms with Crippen LogP contribution in [0.25, 0.3) is 11.0 Å². The van der Waals surface area contributed by atoms with Gasteiger partial charge in [-0.05, 0) is 42.9 Å². The number of allylic oxidation sites excluding steroid dienone is 2. The van der Waals surface area contributed by atoms with Gasteiger partial charge < -0.3 is 5.32 Å². The molecule has 0 aliphatic carbocycles. The molecule has 0 aromatic carbocycles. The van der Waals surface area contributed by atoms with Crippen LogP contribution in [0.5, 0.6) is 0 Å². The van der Waals surface area contributed by atoms with Crippen molar-refractivity contribution in [2.24, 2.45) is 0 Å². The highest BCUT2D eigenvalue weighted by Gasteiger charge is 2.31. The van der Waals surface area contributed by atoms with Gasteiger partial charge in [0.1, 0.15) is 5.52 Å². The lowest BCUT2D eigenvalue weighted by atomic mass is 9.91. The molecule has 7 heteroatoms. The Morgan fingerprint density at radius 2 is 2.00 bits per heavy atom. The number of halogens is 3. The van der Waals surface area contributed by atoms with E-state index < -0.39 is 5.54 Å². The Labute approximate surface area is 130 Å². The van der Waals surface area contributed by atoms with Gasteiger partial charge in [-0.3, -0.25) is 4.98 Å². The number of pyridine rings is 1. The van der Waals surface area contributed by atoms with Crippen molar-refractivity contribution in [3.8, 4) is 0 Å². The maximum atomic E-state index is 6.31.